The van der Waals surface area contributed by atoms with Gasteiger partial charge < -0.3 is 9.84 Å². The number of rotatable bonds is 8. The van der Waals surface area contributed by atoms with Crippen LogP contribution in [0.3, 0.4) is 0 Å². The highest BCUT2D eigenvalue weighted by atomic mass is 32.2. The van der Waals surface area contributed by atoms with Gasteiger partial charge in [-0.1, -0.05) is 20.8 Å². The molecule has 0 aliphatic heterocycles. The van der Waals surface area contributed by atoms with Crippen molar-refractivity contribution in [2.75, 3.05) is 0 Å². The fourth-order valence-electron chi connectivity index (χ4n) is 3.17. The predicted octanol–water partition coefficient (Wildman–Crippen LogP) is 4.87. The summed E-state index contributed by atoms with van der Waals surface area (Å²) in [6.45, 7) is 5.34. The Hall–Kier alpha value is -1.95. The first-order chi connectivity index (χ1) is 14.7. The average molecular weight is 493 g/mol. The molecule has 0 fully saturated rings. The van der Waals surface area contributed by atoms with Crippen molar-refractivity contribution in [2.45, 2.75) is 69.8 Å². The monoisotopic (exact) mass is 492 g/mol. The molecule has 1 amide bonds. The van der Waals surface area contributed by atoms with Gasteiger partial charge in [0.2, 0.25) is 0 Å². The Morgan fingerprint density at radius 2 is 1.94 bits per heavy atom. The molecule has 1 heterocycles. The molecule has 32 heavy (non-hydrogen) atoms. The van der Waals surface area contributed by atoms with Crippen molar-refractivity contribution in [3.8, 4) is 5.75 Å². The molecule has 1 atom stereocenters. The third-order valence-corrected chi connectivity index (χ3v) is 8.05. The number of aliphatic hydroxyl groups is 1. The number of carbonyl (C=O) groups excluding carboxylic acids is 1. The fraction of sp³-hybridized carbons (Fsp3) is 0.476. The summed E-state index contributed by atoms with van der Waals surface area (Å²) in [5, 5.41) is 15.8. The number of alkyl halides is 2. The highest BCUT2D eigenvalue weighted by Crippen LogP contribution is 2.34. The number of hydrogen-bond donors (Lipinski definition) is 2. The minimum absolute atomic E-state index is 0.0175. The zero-order valence-corrected chi connectivity index (χ0v) is 20.1. The van der Waals surface area contributed by atoms with Crippen molar-refractivity contribution in [1.29, 1.82) is 0 Å². The van der Waals surface area contributed by atoms with Crippen LogP contribution in [0.25, 0.3) is 0 Å². The molecule has 2 aromatic rings. The maximum atomic E-state index is 14.3. The van der Waals surface area contributed by atoms with E-state index in [2.05, 4.69) is 9.10 Å². The number of thiophene rings is 1. The first-order valence-electron chi connectivity index (χ1n) is 9.86. The quantitative estimate of drug-likeness (QED) is 0.549. The Balaban J connectivity index is 2.47. The van der Waals surface area contributed by atoms with Crippen LogP contribution in [0.2, 0.25) is 0 Å². The van der Waals surface area contributed by atoms with Gasteiger partial charge in [-0.05, 0) is 61.1 Å². The normalized spacial score (nSPS) is 14.0. The standard InChI is InChI=1S/C21H27F3N2O4S2/c1-6-12-7-13(30-20(23)24)8-14(11(2)3)15(12)9-18(27)26-32(25,29)19-16(22)10-17(31-19)21(4,5)28/h7-8,10-11,20,28H,6,9H2,1-5H3,(H2,25,26,27,29). The highest BCUT2D eigenvalue weighted by molar-refractivity contribution is 7.93. The molecule has 1 unspecified atom stereocenters. The number of nitrogens with two attached hydrogens (primary N) is 1. The van der Waals surface area contributed by atoms with Crippen LogP contribution < -0.4 is 9.88 Å². The molecule has 0 saturated heterocycles. The summed E-state index contributed by atoms with van der Waals surface area (Å²) in [5.74, 6) is -1.90. The molecule has 0 spiro atoms. The average Bonchev–Trinajstić information content (AvgIpc) is 3.04. The van der Waals surface area contributed by atoms with Crippen LogP contribution in [0.4, 0.5) is 13.2 Å². The smallest absolute Gasteiger partial charge is 0.387 e. The van der Waals surface area contributed by atoms with Crippen molar-refractivity contribution in [3.63, 3.8) is 0 Å². The lowest BCUT2D eigenvalue weighted by molar-refractivity contribution is -0.117. The molecule has 0 aliphatic rings. The molecular formula is C21H27F3N2O4S2. The molecule has 0 bridgehead atoms. The second-order valence-corrected chi connectivity index (χ2v) is 11.1. The van der Waals surface area contributed by atoms with Crippen molar-refractivity contribution in [3.05, 3.63) is 45.6 Å². The number of amides is 1. The van der Waals surface area contributed by atoms with Crippen LogP contribution in [0, 0.1) is 5.82 Å². The Bertz CT molecular complexity index is 1110. The molecule has 2 rings (SSSR count). The Kier molecular flexibility index (Phi) is 8.14. The number of hydrogen-bond acceptors (Lipinski definition) is 5. The van der Waals surface area contributed by atoms with Crippen LogP contribution in [0.5, 0.6) is 5.75 Å². The summed E-state index contributed by atoms with van der Waals surface area (Å²) in [5.41, 5.74) is 0.384. The van der Waals surface area contributed by atoms with E-state index in [-0.39, 0.29) is 23.0 Å². The maximum Gasteiger partial charge on any atom is 0.387 e. The number of benzene rings is 1. The summed E-state index contributed by atoms with van der Waals surface area (Å²) < 4.78 is 60.2. The molecule has 11 heteroatoms. The van der Waals surface area contributed by atoms with E-state index in [1.165, 1.54) is 26.0 Å². The first kappa shape index (κ1) is 26.3. The van der Waals surface area contributed by atoms with Gasteiger partial charge in [-0.2, -0.15) is 8.78 Å². The van der Waals surface area contributed by atoms with Crippen LogP contribution in [-0.2, 0) is 33.2 Å². The van der Waals surface area contributed by atoms with Gasteiger partial charge in [0, 0.05) is 4.88 Å². The van der Waals surface area contributed by atoms with Gasteiger partial charge in [-0.15, -0.1) is 15.7 Å². The van der Waals surface area contributed by atoms with Crippen LogP contribution in [-0.4, -0.2) is 21.8 Å². The van der Waals surface area contributed by atoms with E-state index in [1.807, 2.05) is 13.8 Å². The number of carbonyl (C=O) groups is 1. The van der Waals surface area contributed by atoms with Gasteiger partial charge in [0.15, 0.2) is 19.9 Å². The third-order valence-electron chi connectivity index (χ3n) is 4.67. The largest absolute Gasteiger partial charge is 0.435 e. The number of nitrogens with zero attached hydrogens (tertiary/aromatic N) is 1. The van der Waals surface area contributed by atoms with Gasteiger partial charge in [0.1, 0.15) is 5.75 Å². The molecule has 0 saturated carbocycles. The third kappa shape index (κ3) is 6.31. The minimum Gasteiger partial charge on any atom is -0.435 e. The summed E-state index contributed by atoms with van der Waals surface area (Å²) in [6.07, 6.45) is 0.139. The van der Waals surface area contributed by atoms with Gasteiger partial charge in [0.05, 0.1) is 12.0 Å². The number of aryl methyl sites for hydroxylation is 1. The lowest BCUT2D eigenvalue weighted by Crippen LogP contribution is -2.17. The number of ether oxygens (including phenoxy) is 1. The second-order valence-electron chi connectivity index (χ2n) is 8.07. The SMILES string of the molecule is CCc1cc(OC(F)F)cc(C(C)C)c1CC(=O)N=S(N)(=O)c1sc(C(C)(C)O)cc1F. The molecular weight excluding hydrogens is 465 g/mol. The van der Waals surface area contributed by atoms with E-state index in [4.69, 9.17) is 5.14 Å². The minimum atomic E-state index is -3.89. The lowest BCUT2D eigenvalue weighted by Gasteiger charge is -2.18. The second kappa shape index (κ2) is 9.90. The summed E-state index contributed by atoms with van der Waals surface area (Å²) in [6, 6.07) is 3.88. The highest BCUT2D eigenvalue weighted by Gasteiger charge is 2.26. The van der Waals surface area contributed by atoms with Gasteiger partial charge in [0.25, 0.3) is 5.91 Å². The Morgan fingerprint density at radius 1 is 1.31 bits per heavy atom. The number of halogens is 3. The molecule has 1 aromatic carbocycles. The fourth-order valence-corrected chi connectivity index (χ4v) is 5.59. The molecule has 6 nitrogen and oxygen atoms in total. The Morgan fingerprint density at radius 3 is 2.41 bits per heavy atom. The van der Waals surface area contributed by atoms with Crippen LogP contribution >= 0.6 is 11.3 Å². The van der Waals surface area contributed by atoms with E-state index >= 15 is 0 Å². The van der Waals surface area contributed by atoms with Gasteiger partial charge >= 0.3 is 6.61 Å². The van der Waals surface area contributed by atoms with Crippen molar-refractivity contribution >= 4 is 27.2 Å². The zero-order valence-electron chi connectivity index (χ0n) is 18.4. The van der Waals surface area contributed by atoms with Crippen LogP contribution in [0.15, 0.2) is 26.8 Å². The summed E-state index contributed by atoms with van der Waals surface area (Å²) in [7, 11) is -3.89. The topological polar surface area (TPSA) is 102 Å². The van der Waals surface area contributed by atoms with E-state index in [0.29, 0.717) is 34.4 Å². The van der Waals surface area contributed by atoms with Crippen LogP contribution in [0.1, 0.15) is 62.1 Å². The van der Waals surface area contributed by atoms with Crippen molar-refractivity contribution in [2.24, 2.45) is 9.50 Å². The van der Waals surface area contributed by atoms with Gasteiger partial charge in [-0.25, -0.2) is 13.7 Å². The van der Waals surface area contributed by atoms with E-state index in [0.717, 1.165) is 6.07 Å². The Labute approximate surface area is 189 Å². The first-order valence-corrected chi connectivity index (χ1v) is 12.3. The lowest BCUT2D eigenvalue weighted by atomic mass is 9.90. The molecule has 0 radical (unpaired) electrons. The maximum absolute atomic E-state index is 14.3. The molecule has 3 N–H and O–H groups in total. The van der Waals surface area contributed by atoms with E-state index in [9.17, 15) is 27.3 Å². The molecule has 178 valence electrons. The van der Waals surface area contributed by atoms with Gasteiger partial charge in [-0.3, -0.25) is 4.79 Å². The molecule has 1 aromatic heterocycles. The summed E-state index contributed by atoms with van der Waals surface area (Å²) >= 11 is 0.686. The van der Waals surface area contributed by atoms with E-state index < -0.39 is 38.1 Å². The van der Waals surface area contributed by atoms with E-state index in [1.54, 1.807) is 6.92 Å². The zero-order chi connectivity index (χ0) is 24.4. The predicted molar refractivity (Wildman–Crippen MR) is 118 cm³/mol. The summed E-state index contributed by atoms with van der Waals surface area (Å²) in [4.78, 5) is 12.9. The van der Waals surface area contributed by atoms with Crippen molar-refractivity contribution < 1.29 is 32.0 Å². The van der Waals surface area contributed by atoms with Crippen molar-refractivity contribution in [1.82, 2.24) is 0 Å². The molecule has 0 aliphatic carbocycles.